The van der Waals surface area contributed by atoms with Gasteiger partial charge in [-0.1, -0.05) is 56.3 Å². The highest BCUT2D eigenvalue weighted by molar-refractivity contribution is 5.90. The molecule has 1 saturated carbocycles. The number of rotatable bonds is 13. The standard InChI is InChI=1S/C57H68FN11O6/c1-34(2)53(56(73)68-33-42(70)26-50(68)55(72)64-74-43-20-14-36(15-21-43)44-8-4-6-10-46(44)58)52-28-48(65(3)75-52)37-12-16-39(17-13-37)66-24-22-35(23-25-66)38-29-60-57(61-30-38)69-40-18-19-41(69)32-67(31-40)49-27-47(62-63-54(49)59)45-9-5-7-11-51(45)71/h4-11,14-15,20-21,27-30,34-35,37,39-42,48,50,53,70-71H,12-13,16-19,22-26,31-33H2,1-3H3,(H2,59,63)(H,64,72)/t37-,39-,40?,41?,42-,48?,50+,53-/m1/s1. The Morgan fingerprint density at radius 2 is 1.51 bits per heavy atom. The SMILES string of the molecule is CC(C)[C@@H](C(=O)N1C[C@H](O)C[C@H]1C(=O)NOc1ccc(-c2ccccc2F)cc1)C1=CC([C@H]2CC[C@H](N3CCC(c4cnc(N5C6CCC5CN(c5cc(-c7ccccc7O)nnc5N)C6)nc4)CC3)CC2)N(C)O1. The number of hydrogen-bond acceptors (Lipinski definition) is 15. The molecule has 2 aromatic heterocycles. The fourth-order valence-electron chi connectivity index (χ4n) is 12.9. The number of amides is 2. The molecule has 17 nitrogen and oxygen atoms in total. The van der Waals surface area contributed by atoms with Crippen molar-refractivity contribution in [2.75, 3.05) is 55.3 Å². The van der Waals surface area contributed by atoms with E-state index in [0.29, 0.717) is 57.6 Å². The number of aliphatic hydroxyl groups excluding tert-OH is 1. The van der Waals surface area contributed by atoms with Gasteiger partial charge in [-0.2, -0.15) is 5.48 Å². The highest BCUT2D eigenvalue weighted by Crippen LogP contribution is 2.42. The largest absolute Gasteiger partial charge is 0.507 e. The molecule has 6 atom stereocenters. The van der Waals surface area contributed by atoms with Gasteiger partial charge in [0.1, 0.15) is 29.3 Å². The first-order valence-electron chi connectivity index (χ1n) is 26.8. The molecule has 0 spiro atoms. The van der Waals surface area contributed by atoms with Crippen molar-refractivity contribution < 1.29 is 33.9 Å². The van der Waals surface area contributed by atoms with Crippen LogP contribution >= 0.6 is 0 Å². The van der Waals surface area contributed by atoms with Crippen molar-refractivity contribution in [1.82, 2.24) is 40.5 Å². The Morgan fingerprint density at radius 1 is 0.840 bits per heavy atom. The molecule has 7 heterocycles. The second kappa shape index (κ2) is 21.4. The van der Waals surface area contributed by atoms with Gasteiger partial charge in [-0.05, 0) is 136 Å². The van der Waals surface area contributed by atoms with Crippen LogP contribution in [-0.4, -0.2) is 133 Å². The van der Waals surface area contributed by atoms with Gasteiger partial charge in [0, 0.05) is 74.7 Å². The molecule has 75 heavy (non-hydrogen) atoms. The molecule has 5 fully saturated rings. The smallest absolute Gasteiger partial charge is 0.275 e. The minimum absolute atomic E-state index is 0.0195. The van der Waals surface area contributed by atoms with E-state index < -0.39 is 24.0 Å². The van der Waals surface area contributed by atoms with E-state index in [1.165, 1.54) is 16.5 Å². The number of hydrogen-bond donors (Lipinski definition) is 4. The highest BCUT2D eigenvalue weighted by atomic mass is 19.1. The lowest BCUT2D eigenvalue weighted by Gasteiger charge is -2.42. The number of nitrogens with two attached hydrogens (primary N) is 1. The summed E-state index contributed by atoms with van der Waals surface area (Å²) < 4.78 is 14.3. The number of benzene rings is 3. The van der Waals surface area contributed by atoms with E-state index in [1.807, 2.05) is 44.2 Å². The number of piperazine rings is 1. The number of hydroxylamine groups is 3. The summed E-state index contributed by atoms with van der Waals surface area (Å²) in [5, 5.41) is 31.7. The molecule has 2 bridgehead atoms. The van der Waals surface area contributed by atoms with Crippen molar-refractivity contribution in [3.05, 3.63) is 114 Å². The van der Waals surface area contributed by atoms with Crippen molar-refractivity contribution in [2.24, 2.45) is 17.8 Å². The van der Waals surface area contributed by atoms with E-state index in [4.69, 9.17) is 25.4 Å². The topological polar surface area (TPSA) is 199 Å². The second-order valence-electron chi connectivity index (χ2n) is 21.8. The first-order valence-corrected chi connectivity index (χ1v) is 26.8. The normalized spacial score (nSPS) is 25.8. The number of fused-ring (bicyclic) bond motifs is 2. The third-order valence-electron chi connectivity index (χ3n) is 16.9. The average molecular weight is 1020 g/mol. The second-order valence-corrected chi connectivity index (χ2v) is 21.8. The van der Waals surface area contributed by atoms with Crippen LogP contribution in [0.2, 0.25) is 0 Å². The van der Waals surface area contributed by atoms with E-state index >= 15 is 0 Å². The molecule has 4 saturated heterocycles. The minimum atomic E-state index is -0.933. The van der Waals surface area contributed by atoms with Crippen molar-refractivity contribution >= 4 is 29.3 Å². The number of likely N-dealkylation sites (N-methyl/N-ethyl adjacent to an activating group) is 1. The zero-order valence-corrected chi connectivity index (χ0v) is 42.9. The lowest BCUT2D eigenvalue weighted by molar-refractivity contribution is -0.150. The maximum Gasteiger partial charge on any atom is 0.275 e. The van der Waals surface area contributed by atoms with Gasteiger partial charge in [-0.3, -0.25) is 9.59 Å². The van der Waals surface area contributed by atoms with Gasteiger partial charge in [0.05, 0.1) is 23.5 Å². The Kier molecular flexibility index (Phi) is 14.3. The summed E-state index contributed by atoms with van der Waals surface area (Å²) in [6, 6.07) is 22.4. The van der Waals surface area contributed by atoms with Crippen LogP contribution in [-0.2, 0) is 14.4 Å². The Hall–Kier alpha value is -6.89. The maximum atomic E-state index is 14.4. The van der Waals surface area contributed by atoms with Crippen LogP contribution in [0.3, 0.4) is 0 Å². The number of carbonyl (C=O) groups is 2. The number of carbonyl (C=O) groups excluding carboxylic acids is 2. The number of para-hydroxylation sites is 1. The van der Waals surface area contributed by atoms with Crippen molar-refractivity contribution in [3.8, 4) is 33.9 Å². The summed E-state index contributed by atoms with van der Waals surface area (Å²) >= 11 is 0. The Bertz CT molecular complexity index is 2860. The molecule has 5 aliphatic heterocycles. The quantitative estimate of drug-likeness (QED) is 0.0871. The molecular formula is C57H68FN11O6. The van der Waals surface area contributed by atoms with Crippen LogP contribution in [0.4, 0.5) is 21.8 Å². The van der Waals surface area contributed by atoms with E-state index in [9.17, 15) is 24.2 Å². The van der Waals surface area contributed by atoms with Crippen LogP contribution in [0.1, 0.15) is 83.1 Å². The van der Waals surface area contributed by atoms with Gasteiger partial charge >= 0.3 is 0 Å². The molecule has 6 aliphatic rings. The van der Waals surface area contributed by atoms with Gasteiger partial charge in [0.25, 0.3) is 5.91 Å². The van der Waals surface area contributed by atoms with Crippen molar-refractivity contribution in [3.63, 3.8) is 0 Å². The number of β-amino-alcohol motifs (C(OH)–C–C–N with tert-alkyl or cyclic N) is 1. The number of nitrogens with one attached hydrogen (secondary N) is 1. The van der Waals surface area contributed by atoms with Gasteiger partial charge in [-0.25, -0.2) is 14.4 Å². The number of anilines is 3. The van der Waals surface area contributed by atoms with Gasteiger partial charge in [0.2, 0.25) is 11.9 Å². The number of phenols is 1. The highest BCUT2D eigenvalue weighted by Gasteiger charge is 2.47. The van der Waals surface area contributed by atoms with Gasteiger partial charge in [-0.15, -0.1) is 15.3 Å². The Labute approximate surface area is 437 Å². The molecule has 2 amide bonds. The first-order chi connectivity index (χ1) is 36.4. The number of likely N-dealkylation sites (tertiary alicyclic amines) is 2. The zero-order chi connectivity index (χ0) is 51.9. The van der Waals surface area contributed by atoms with Crippen LogP contribution < -0.4 is 25.9 Å². The lowest BCUT2D eigenvalue weighted by atomic mass is 9.79. The molecule has 18 heteroatoms. The number of halogens is 1. The number of aromatic nitrogens is 4. The Morgan fingerprint density at radius 3 is 2.19 bits per heavy atom. The number of nitrogens with zero attached hydrogens (tertiary/aromatic N) is 9. The summed E-state index contributed by atoms with van der Waals surface area (Å²) in [5.74, 6) is 1.15. The van der Waals surface area contributed by atoms with Crippen LogP contribution in [0.25, 0.3) is 22.4 Å². The number of aliphatic hydroxyl groups is 1. The molecule has 5 aromatic rings. The van der Waals surface area contributed by atoms with Crippen LogP contribution in [0, 0.1) is 23.6 Å². The Balaban J connectivity index is 0.654. The summed E-state index contributed by atoms with van der Waals surface area (Å²) in [6.07, 6.45) is 14.0. The number of piperidine rings is 1. The monoisotopic (exact) mass is 1020 g/mol. The molecular weight excluding hydrogens is 954 g/mol. The molecule has 3 unspecified atom stereocenters. The predicted octanol–water partition coefficient (Wildman–Crippen LogP) is 7.10. The van der Waals surface area contributed by atoms with Crippen molar-refractivity contribution in [2.45, 2.75) is 114 Å². The van der Waals surface area contributed by atoms with Crippen molar-refractivity contribution in [1.29, 1.82) is 0 Å². The van der Waals surface area contributed by atoms with E-state index in [2.05, 4.69) is 48.8 Å². The molecule has 1 aliphatic carbocycles. The summed E-state index contributed by atoms with van der Waals surface area (Å²) in [5.41, 5.74) is 13.3. The third-order valence-corrected chi connectivity index (χ3v) is 16.9. The molecule has 11 rings (SSSR count). The van der Waals surface area contributed by atoms with Gasteiger partial charge < -0.3 is 45.2 Å². The number of nitrogen functional groups attached to an aromatic ring is 1. The number of phenolic OH excluding ortho intramolecular Hbond substituents is 1. The molecule has 5 N–H and O–H groups in total. The summed E-state index contributed by atoms with van der Waals surface area (Å²) in [6.45, 7) is 7.62. The fraction of sp³-hybridized carbons (Fsp3) is 0.474. The molecule has 3 aromatic carbocycles. The number of aromatic hydroxyl groups is 1. The zero-order valence-electron chi connectivity index (χ0n) is 42.9. The van der Waals surface area contributed by atoms with Crippen LogP contribution in [0.15, 0.2) is 103 Å². The van der Waals surface area contributed by atoms with E-state index in [-0.39, 0.29) is 54.5 Å². The van der Waals surface area contributed by atoms with E-state index in [0.717, 1.165) is 89.2 Å². The predicted molar refractivity (Wildman–Crippen MR) is 282 cm³/mol. The lowest BCUT2D eigenvalue weighted by Crippen LogP contribution is -2.54. The molecule has 394 valence electrons. The average Bonchev–Trinajstić information content (AvgIpc) is 4.10. The summed E-state index contributed by atoms with van der Waals surface area (Å²) in [4.78, 5) is 58.8. The fourth-order valence-corrected chi connectivity index (χ4v) is 12.9. The minimum Gasteiger partial charge on any atom is -0.507 e. The van der Waals surface area contributed by atoms with Gasteiger partial charge in [0.15, 0.2) is 11.6 Å². The maximum absolute atomic E-state index is 14.4. The molecule has 0 radical (unpaired) electrons. The van der Waals surface area contributed by atoms with E-state index in [1.54, 1.807) is 54.6 Å². The summed E-state index contributed by atoms with van der Waals surface area (Å²) in [7, 11) is 1.94. The van der Waals surface area contributed by atoms with Crippen LogP contribution in [0.5, 0.6) is 11.5 Å². The third kappa shape index (κ3) is 10.3. The first kappa shape index (κ1) is 50.3.